The lowest BCUT2D eigenvalue weighted by Gasteiger charge is -2.14. The van der Waals surface area contributed by atoms with Crippen LogP contribution in [0.3, 0.4) is 0 Å². The molecule has 0 amide bonds. The van der Waals surface area contributed by atoms with Crippen LogP contribution in [0.5, 0.6) is 0 Å². The summed E-state index contributed by atoms with van der Waals surface area (Å²) in [5, 5.41) is 1.45. The Balaban J connectivity index is 2.49. The number of nitrogens with zero attached hydrogens (tertiary/aromatic N) is 1. The first-order valence-electron chi connectivity index (χ1n) is 6.36. The van der Waals surface area contributed by atoms with Crippen molar-refractivity contribution in [1.29, 1.82) is 0 Å². The molecule has 2 aromatic rings. The molecule has 1 unspecified atom stereocenters. The van der Waals surface area contributed by atoms with E-state index in [-0.39, 0.29) is 10.4 Å². The molecule has 0 radical (unpaired) electrons. The van der Waals surface area contributed by atoms with E-state index in [9.17, 15) is 9.59 Å². The SMILES string of the molecule is CCCC(CBr)Cn1c(=O)sc2ccccc2c1=O. The zero-order valence-electron chi connectivity index (χ0n) is 10.8. The number of hydrogen-bond acceptors (Lipinski definition) is 3. The Bertz CT molecular complexity index is 677. The Morgan fingerprint density at radius 3 is 2.74 bits per heavy atom. The van der Waals surface area contributed by atoms with Gasteiger partial charge in [-0.05, 0) is 24.5 Å². The summed E-state index contributed by atoms with van der Waals surface area (Å²) in [4.78, 5) is 24.3. The van der Waals surface area contributed by atoms with Crippen LogP contribution in [-0.4, -0.2) is 9.90 Å². The van der Waals surface area contributed by atoms with Gasteiger partial charge in [0.15, 0.2) is 0 Å². The quantitative estimate of drug-likeness (QED) is 0.783. The smallest absolute Gasteiger partial charge is 0.269 e. The Morgan fingerprint density at radius 1 is 1.32 bits per heavy atom. The summed E-state index contributed by atoms with van der Waals surface area (Å²) < 4.78 is 2.15. The lowest BCUT2D eigenvalue weighted by molar-refractivity contribution is 0.445. The van der Waals surface area contributed by atoms with Crippen molar-refractivity contribution in [2.24, 2.45) is 5.92 Å². The van der Waals surface area contributed by atoms with Crippen LogP contribution >= 0.6 is 27.3 Å². The summed E-state index contributed by atoms with van der Waals surface area (Å²) >= 11 is 4.60. The van der Waals surface area contributed by atoms with E-state index < -0.39 is 0 Å². The maximum Gasteiger partial charge on any atom is 0.310 e. The summed E-state index contributed by atoms with van der Waals surface area (Å²) in [7, 11) is 0. The summed E-state index contributed by atoms with van der Waals surface area (Å²) in [5.41, 5.74) is -0.165. The Labute approximate surface area is 124 Å². The van der Waals surface area contributed by atoms with Gasteiger partial charge in [0, 0.05) is 16.6 Å². The zero-order chi connectivity index (χ0) is 13.8. The average molecular weight is 342 g/mol. The van der Waals surface area contributed by atoms with Crippen molar-refractivity contribution >= 4 is 37.4 Å². The molecule has 0 aliphatic heterocycles. The molecule has 102 valence electrons. The van der Waals surface area contributed by atoms with Gasteiger partial charge in [-0.3, -0.25) is 14.2 Å². The topological polar surface area (TPSA) is 39.1 Å². The van der Waals surface area contributed by atoms with Gasteiger partial charge in [-0.25, -0.2) is 0 Å². The molecule has 0 aliphatic rings. The standard InChI is InChI=1S/C14H16BrNO2S/c1-2-5-10(8-15)9-16-13(17)11-6-3-4-7-12(11)19-14(16)18/h3-4,6-7,10H,2,5,8-9H2,1H3. The number of fused-ring (bicyclic) bond motifs is 1. The minimum Gasteiger partial charge on any atom is -0.269 e. The largest absolute Gasteiger partial charge is 0.310 e. The number of hydrogen-bond donors (Lipinski definition) is 0. The molecular weight excluding hydrogens is 326 g/mol. The number of aromatic nitrogens is 1. The lowest BCUT2D eigenvalue weighted by Crippen LogP contribution is -2.34. The number of benzene rings is 1. The van der Waals surface area contributed by atoms with Crippen LogP contribution in [0.1, 0.15) is 19.8 Å². The van der Waals surface area contributed by atoms with Crippen molar-refractivity contribution < 1.29 is 0 Å². The van der Waals surface area contributed by atoms with Crippen LogP contribution in [-0.2, 0) is 6.54 Å². The second-order valence-electron chi connectivity index (χ2n) is 4.59. The van der Waals surface area contributed by atoms with Crippen LogP contribution in [0.4, 0.5) is 0 Å². The summed E-state index contributed by atoms with van der Waals surface area (Å²) in [6.07, 6.45) is 2.06. The molecule has 0 aliphatic carbocycles. The normalized spacial score (nSPS) is 12.7. The van der Waals surface area contributed by atoms with Gasteiger partial charge < -0.3 is 0 Å². The first-order valence-corrected chi connectivity index (χ1v) is 8.29. The lowest BCUT2D eigenvalue weighted by atomic mass is 10.1. The van der Waals surface area contributed by atoms with E-state index in [0.717, 1.165) is 34.2 Å². The van der Waals surface area contributed by atoms with Gasteiger partial charge in [0.2, 0.25) is 0 Å². The van der Waals surface area contributed by atoms with Crippen molar-refractivity contribution in [3.63, 3.8) is 0 Å². The van der Waals surface area contributed by atoms with E-state index in [1.807, 2.05) is 18.2 Å². The summed E-state index contributed by atoms with van der Waals surface area (Å²) in [5.74, 6) is 0.323. The highest BCUT2D eigenvalue weighted by Crippen LogP contribution is 2.14. The Hall–Kier alpha value is -0.940. The number of rotatable bonds is 5. The third-order valence-corrected chi connectivity index (χ3v) is 5.02. The predicted octanol–water partition coefficient (Wildman–Crippen LogP) is 3.23. The monoisotopic (exact) mass is 341 g/mol. The summed E-state index contributed by atoms with van der Waals surface area (Å²) in [6.45, 7) is 2.61. The highest BCUT2D eigenvalue weighted by atomic mass is 79.9. The second kappa shape index (κ2) is 6.48. The average Bonchev–Trinajstić information content (AvgIpc) is 2.42. The molecule has 1 aromatic carbocycles. The molecule has 3 nitrogen and oxygen atoms in total. The van der Waals surface area contributed by atoms with Gasteiger partial charge in [0.25, 0.3) is 5.56 Å². The van der Waals surface area contributed by atoms with E-state index in [4.69, 9.17) is 0 Å². The van der Waals surface area contributed by atoms with E-state index in [1.165, 1.54) is 4.57 Å². The fourth-order valence-electron chi connectivity index (χ4n) is 2.15. The van der Waals surface area contributed by atoms with Crippen molar-refractivity contribution in [3.8, 4) is 0 Å². The Kier molecular flexibility index (Phi) is 4.93. The predicted molar refractivity (Wildman–Crippen MR) is 84.5 cm³/mol. The van der Waals surface area contributed by atoms with Crippen molar-refractivity contribution in [2.45, 2.75) is 26.3 Å². The maximum atomic E-state index is 12.4. The molecule has 1 aromatic heterocycles. The molecule has 0 fully saturated rings. The van der Waals surface area contributed by atoms with Crippen molar-refractivity contribution in [1.82, 2.24) is 4.57 Å². The number of alkyl halides is 1. The maximum absolute atomic E-state index is 12.4. The highest BCUT2D eigenvalue weighted by Gasteiger charge is 2.13. The van der Waals surface area contributed by atoms with Crippen LogP contribution in [0, 0.1) is 5.92 Å². The van der Waals surface area contributed by atoms with Gasteiger partial charge in [-0.1, -0.05) is 52.7 Å². The van der Waals surface area contributed by atoms with Crippen molar-refractivity contribution in [3.05, 3.63) is 44.3 Å². The number of halogens is 1. The fraction of sp³-hybridized carbons (Fsp3) is 0.429. The van der Waals surface area contributed by atoms with Crippen molar-refractivity contribution in [2.75, 3.05) is 5.33 Å². The minimum atomic E-state index is -0.165. The van der Waals surface area contributed by atoms with Crippen LogP contribution < -0.4 is 10.4 Å². The highest BCUT2D eigenvalue weighted by molar-refractivity contribution is 9.09. The zero-order valence-corrected chi connectivity index (χ0v) is 13.2. The molecule has 0 saturated heterocycles. The van der Waals surface area contributed by atoms with E-state index in [1.54, 1.807) is 6.07 Å². The fourth-order valence-corrected chi connectivity index (χ4v) is 3.55. The van der Waals surface area contributed by atoms with E-state index in [0.29, 0.717) is 17.8 Å². The molecule has 0 bridgehead atoms. The van der Waals surface area contributed by atoms with E-state index in [2.05, 4.69) is 22.9 Å². The molecule has 5 heteroatoms. The van der Waals surface area contributed by atoms with Crippen LogP contribution in [0.2, 0.25) is 0 Å². The molecule has 0 saturated carbocycles. The first kappa shape index (κ1) is 14.5. The van der Waals surface area contributed by atoms with Crippen LogP contribution in [0.15, 0.2) is 33.9 Å². The molecule has 19 heavy (non-hydrogen) atoms. The molecule has 2 rings (SSSR count). The van der Waals surface area contributed by atoms with Gasteiger partial charge in [-0.2, -0.15) is 0 Å². The van der Waals surface area contributed by atoms with E-state index >= 15 is 0 Å². The van der Waals surface area contributed by atoms with Gasteiger partial charge >= 0.3 is 4.87 Å². The third kappa shape index (κ3) is 3.15. The molecule has 1 atom stereocenters. The van der Waals surface area contributed by atoms with Gasteiger partial charge in [0.1, 0.15) is 0 Å². The molecule has 0 spiro atoms. The van der Waals surface area contributed by atoms with Gasteiger partial charge in [-0.15, -0.1) is 0 Å². The first-order chi connectivity index (χ1) is 9.17. The van der Waals surface area contributed by atoms with Crippen LogP contribution in [0.25, 0.3) is 10.1 Å². The third-order valence-electron chi connectivity index (χ3n) is 3.14. The summed E-state index contributed by atoms with van der Waals surface area (Å²) in [6, 6.07) is 7.29. The minimum absolute atomic E-state index is 0.161. The second-order valence-corrected chi connectivity index (χ2v) is 6.23. The van der Waals surface area contributed by atoms with Gasteiger partial charge in [0.05, 0.1) is 5.39 Å². The molecule has 1 heterocycles. The molecule has 0 N–H and O–H groups in total. The Morgan fingerprint density at radius 2 is 2.05 bits per heavy atom. The molecular formula is C14H16BrNO2S.